The maximum absolute atomic E-state index is 12.9. The molecule has 126 valence electrons. The predicted molar refractivity (Wildman–Crippen MR) is 91.9 cm³/mol. The average molecular weight is 335 g/mol. The number of sulfonamides is 1. The van der Waals surface area contributed by atoms with Crippen molar-refractivity contribution >= 4 is 10.0 Å². The van der Waals surface area contributed by atoms with Gasteiger partial charge in [0, 0.05) is 31.4 Å². The van der Waals surface area contributed by atoms with Crippen molar-refractivity contribution in [1.82, 2.24) is 14.1 Å². The van der Waals surface area contributed by atoms with Crippen molar-refractivity contribution in [2.75, 3.05) is 7.05 Å². The lowest BCUT2D eigenvalue weighted by Gasteiger charge is -2.19. The minimum Gasteiger partial charge on any atom is -0.270 e. The summed E-state index contributed by atoms with van der Waals surface area (Å²) in [6.45, 7) is 10.8. The van der Waals surface area contributed by atoms with Crippen LogP contribution in [-0.4, -0.2) is 29.6 Å². The molecule has 0 bridgehead atoms. The molecular weight excluding hydrogens is 310 g/mol. The molecule has 0 saturated heterocycles. The van der Waals surface area contributed by atoms with E-state index in [0.29, 0.717) is 11.4 Å². The number of benzene rings is 1. The van der Waals surface area contributed by atoms with Crippen LogP contribution in [0, 0.1) is 27.7 Å². The molecule has 1 aromatic heterocycles. The zero-order chi connectivity index (χ0) is 17.4. The topological polar surface area (TPSA) is 55.2 Å². The van der Waals surface area contributed by atoms with Crippen molar-refractivity contribution in [2.24, 2.45) is 0 Å². The first kappa shape index (κ1) is 17.7. The lowest BCUT2D eigenvalue weighted by atomic mass is 10.2. The van der Waals surface area contributed by atoms with Gasteiger partial charge in [-0.05, 0) is 46.2 Å². The summed E-state index contributed by atoms with van der Waals surface area (Å²) in [6.07, 6.45) is 0. The van der Waals surface area contributed by atoms with E-state index >= 15 is 0 Å². The number of rotatable bonds is 5. The van der Waals surface area contributed by atoms with Gasteiger partial charge in [0.2, 0.25) is 10.0 Å². The van der Waals surface area contributed by atoms with Gasteiger partial charge in [-0.25, -0.2) is 8.42 Å². The van der Waals surface area contributed by atoms with Crippen molar-refractivity contribution < 1.29 is 8.42 Å². The molecule has 0 aliphatic carbocycles. The van der Waals surface area contributed by atoms with E-state index in [1.54, 1.807) is 13.1 Å². The summed E-state index contributed by atoms with van der Waals surface area (Å²) >= 11 is 0. The normalized spacial score (nSPS) is 12.1. The van der Waals surface area contributed by atoms with Crippen LogP contribution < -0.4 is 0 Å². The van der Waals surface area contributed by atoms with Gasteiger partial charge in [-0.2, -0.15) is 9.40 Å². The van der Waals surface area contributed by atoms with Crippen LogP contribution in [0.3, 0.4) is 0 Å². The Kier molecular flexibility index (Phi) is 4.96. The van der Waals surface area contributed by atoms with Crippen LogP contribution >= 0.6 is 0 Å². The van der Waals surface area contributed by atoms with E-state index in [2.05, 4.69) is 5.10 Å². The lowest BCUT2D eigenvalue weighted by Crippen LogP contribution is -2.27. The Morgan fingerprint density at radius 2 is 1.83 bits per heavy atom. The van der Waals surface area contributed by atoms with E-state index in [-0.39, 0.29) is 0 Å². The molecule has 1 heterocycles. The lowest BCUT2D eigenvalue weighted by molar-refractivity contribution is 0.464. The Bertz CT molecular complexity index is 823. The van der Waals surface area contributed by atoms with E-state index in [1.807, 2.05) is 51.4 Å². The molecule has 2 aromatic rings. The van der Waals surface area contributed by atoms with Crippen LogP contribution in [0.4, 0.5) is 0 Å². The summed E-state index contributed by atoms with van der Waals surface area (Å²) in [5.41, 5.74) is 4.71. The molecule has 23 heavy (non-hydrogen) atoms. The number of aromatic nitrogens is 2. The molecule has 0 amide bonds. The van der Waals surface area contributed by atoms with E-state index in [1.165, 1.54) is 4.31 Å². The summed E-state index contributed by atoms with van der Waals surface area (Å²) in [4.78, 5) is 0.365. The number of hydrogen-bond donors (Lipinski definition) is 0. The second kappa shape index (κ2) is 6.45. The molecule has 0 saturated carbocycles. The molecule has 0 radical (unpaired) electrons. The summed E-state index contributed by atoms with van der Waals surface area (Å²) in [5.74, 6) is 0. The van der Waals surface area contributed by atoms with E-state index in [4.69, 9.17) is 0 Å². The number of nitrogens with zero attached hydrogens (tertiary/aromatic N) is 3. The Morgan fingerprint density at radius 1 is 1.17 bits per heavy atom. The third-order valence-electron chi connectivity index (χ3n) is 4.23. The predicted octanol–water partition coefficient (Wildman–Crippen LogP) is 2.96. The largest absolute Gasteiger partial charge is 0.270 e. The van der Waals surface area contributed by atoms with Gasteiger partial charge in [0.15, 0.2) is 0 Å². The first-order valence-corrected chi connectivity index (χ1v) is 9.19. The molecule has 6 heteroatoms. The smallest absolute Gasteiger partial charge is 0.243 e. The van der Waals surface area contributed by atoms with Crippen LogP contribution in [0.5, 0.6) is 0 Å². The zero-order valence-electron chi connectivity index (χ0n) is 14.7. The Balaban J connectivity index is 2.36. The monoisotopic (exact) mass is 335 g/mol. The fourth-order valence-corrected chi connectivity index (χ4v) is 4.18. The quantitative estimate of drug-likeness (QED) is 0.844. The highest BCUT2D eigenvalue weighted by molar-refractivity contribution is 7.89. The zero-order valence-corrected chi connectivity index (χ0v) is 15.5. The molecule has 0 aliphatic rings. The average Bonchev–Trinajstić information content (AvgIpc) is 2.74. The standard InChI is InChI=1S/C17H25N3O2S/c1-7-20-15(5)16(14(4)18-20)11-19(6)23(21,22)17-9-8-12(2)10-13(17)3/h8-10H,7,11H2,1-6H3. The maximum atomic E-state index is 12.9. The van der Waals surface area contributed by atoms with Gasteiger partial charge in [-0.1, -0.05) is 17.7 Å². The van der Waals surface area contributed by atoms with Crippen molar-refractivity contribution in [3.8, 4) is 0 Å². The van der Waals surface area contributed by atoms with Gasteiger partial charge in [0.1, 0.15) is 0 Å². The molecule has 1 aromatic carbocycles. The Hall–Kier alpha value is -1.66. The number of aryl methyl sites for hydroxylation is 4. The molecule has 2 rings (SSSR count). The third-order valence-corrected chi connectivity index (χ3v) is 6.19. The van der Waals surface area contributed by atoms with Gasteiger partial charge < -0.3 is 0 Å². The van der Waals surface area contributed by atoms with Gasteiger partial charge >= 0.3 is 0 Å². The van der Waals surface area contributed by atoms with Crippen LogP contribution in [0.25, 0.3) is 0 Å². The highest BCUT2D eigenvalue weighted by atomic mass is 32.2. The molecule has 0 atom stereocenters. The summed E-state index contributed by atoms with van der Waals surface area (Å²) in [7, 11) is -1.90. The fourth-order valence-electron chi connectivity index (χ4n) is 2.84. The highest BCUT2D eigenvalue weighted by Crippen LogP contribution is 2.23. The van der Waals surface area contributed by atoms with Gasteiger partial charge in [0.05, 0.1) is 10.6 Å². The van der Waals surface area contributed by atoms with Gasteiger partial charge in [-0.3, -0.25) is 4.68 Å². The minimum absolute atomic E-state index is 0.327. The van der Waals surface area contributed by atoms with Crippen LogP contribution in [-0.2, 0) is 23.1 Å². The van der Waals surface area contributed by atoms with E-state index in [0.717, 1.165) is 34.6 Å². The fraction of sp³-hybridized carbons (Fsp3) is 0.471. The maximum Gasteiger partial charge on any atom is 0.243 e. The third kappa shape index (κ3) is 3.33. The van der Waals surface area contributed by atoms with Crippen LogP contribution in [0.15, 0.2) is 23.1 Å². The second-order valence-electron chi connectivity index (χ2n) is 6.00. The number of hydrogen-bond acceptors (Lipinski definition) is 3. The van der Waals surface area contributed by atoms with Crippen molar-refractivity contribution in [1.29, 1.82) is 0 Å². The first-order valence-electron chi connectivity index (χ1n) is 7.75. The Labute approximate surface area is 139 Å². The van der Waals surface area contributed by atoms with Gasteiger partial charge in [-0.15, -0.1) is 0 Å². The van der Waals surface area contributed by atoms with Crippen molar-refractivity contribution in [3.05, 3.63) is 46.3 Å². The van der Waals surface area contributed by atoms with Crippen LogP contribution in [0.1, 0.15) is 35.0 Å². The van der Waals surface area contributed by atoms with E-state index < -0.39 is 10.0 Å². The molecule has 0 fully saturated rings. The van der Waals surface area contributed by atoms with Crippen molar-refractivity contribution in [3.63, 3.8) is 0 Å². The van der Waals surface area contributed by atoms with Gasteiger partial charge in [0.25, 0.3) is 0 Å². The first-order chi connectivity index (χ1) is 10.7. The molecule has 5 nitrogen and oxygen atoms in total. The van der Waals surface area contributed by atoms with Crippen LogP contribution in [0.2, 0.25) is 0 Å². The SMILES string of the molecule is CCn1nc(C)c(CN(C)S(=O)(=O)c2ccc(C)cc2C)c1C. The minimum atomic E-state index is -3.52. The summed E-state index contributed by atoms with van der Waals surface area (Å²) < 4.78 is 29.0. The van der Waals surface area contributed by atoms with Crippen molar-refractivity contribution in [2.45, 2.75) is 52.6 Å². The Morgan fingerprint density at radius 3 is 2.35 bits per heavy atom. The van der Waals surface area contributed by atoms with E-state index in [9.17, 15) is 8.42 Å². The molecule has 0 spiro atoms. The molecule has 0 N–H and O–H groups in total. The molecular formula is C17H25N3O2S. The second-order valence-corrected chi connectivity index (χ2v) is 8.01. The highest BCUT2D eigenvalue weighted by Gasteiger charge is 2.25. The summed E-state index contributed by atoms with van der Waals surface area (Å²) in [6, 6.07) is 5.41. The molecule has 0 aliphatic heterocycles. The molecule has 0 unspecified atom stereocenters. The summed E-state index contributed by atoms with van der Waals surface area (Å²) in [5, 5.41) is 4.46.